The van der Waals surface area contributed by atoms with E-state index in [2.05, 4.69) is 38.7 Å². The minimum absolute atomic E-state index is 0.0626. The second-order valence-corrected chi connectivity index (χ2v) is 20.4. The molecule has 2 aromatic heterocycles. The molecule has 12 heteroatoms. The maximum absolute atomic E-state index is 16.3. The lowest BCUT2D eigenvalue weighted by molar-refractivity contribution is -0.140. The molecule has 3 aliphatic rings. The van der Waals surface area contributed by atoms with Crippen LogP contribution >= 0.6 is 0 Å². The van der Waals surface area contributed by atoms with E-state index in [0.29, 0.717) is 55.4 Å². The fourth-order valence-corrected chi connectivity index (χ4v) is 7.70. The molecule has 1 saturated heterocycles. The van der Waals surface area contributed by atoms with Crippen LogP contribution in [0, 0.1) is 11.7 Å². The molecule has 0 spiro atoms. The van der Waals surface area contributed by atoms with Gasteiger partial charge in [0, 0.05) is 63.7 Å². The van der Waals surface area contributed by atoms with Crippen molar-refractivity contribution >= 4 is 31.3 Å². The Labute approximate surface area is 286 Å². The SMILES string of the molecule is C[C@@H]1c2ccccc2CCN1C(=O)c1cc(C2CC2)n2nc(-c3c(F)cc(N4CC[C@H](C(=O)O)C4)cc3OCOCC[Si](C)(C)C)cc2n1. The van der Waals surface area contributed by atoms with E-state index < -0.39 is 25.8 Å². The van der Waals surface area contributed by atoms with Gasteiger partial charge in [0.25, 0.3) is 5.91 Å². The number of aromatic nitrogens is 3. The second kappa shape index (κ2) is 13.2. The zero-order chi connectivity index (χ0) is 34.4. The Morgan fingerprint density at radius 2 is 1.86 bits per heavy atom. The molecule has 1 saturated carbocycles. The van der Waals surface area contributed by atoms with Crippen molar-refractivity contribution in [1.29, 1.82) is 0 Å². The summed E-state index contributed by atoms with van der Waals surface area (Å²) in [6.07, 6.45) is 3.24. The number of carbonyl (C=O) groups excluding carboxylic acids is 1. The number of anilines is 1. The van der Waals surface area contributed by atoms with Gasteiger partial charge in [0.05, 0.1) is 17.5 Å². The van der Waals surface area contributed by atoms with Crippen molar-refractivity contribution in [3.63, 3.8) is 0 Å². The molecule has 0 radical (unpaired) electrons. The van der Waals surface area contributed by atoms with Crippen LogP contribution in [0.5, 0.6) is 5.75 Å². The number of carboxylic acid groups (broad SMARTS) is 1. The highest BCUT2D eigenvalue weighted by Crippen LogP contribution is 2.42. The molecule has 4 aromatic rings. The van der Waals surface area contributed by atoms with Crippen LogP contribution < -0.4 is 9.64 Å². The van der Waals surface area contributed by atoms with E-state index in [1.165, 1.54) is 11.6 Å². The van der Waals surface area contributed by atoms with Crippen molar-refractivity contribution in [2.45, 2.75) is 70.3 Å². The summed E-state index contributed by atoms with van der Waals surface area (Å²) in [5.41, 5.74) is 5.19. The van der Waals surface area contributed by atoms with Crippen LogP contribution in [-0.2, 0) is 16.0 Å². The van der Waals surface area contributed by atoms with Crippen molar-refractivity contribution in [2.24, 2.45) is 5.92 Å². The molecule has 2 aliphatic heterocycles. The Bertz CT molecular complexity index is 1900. The summed E-state index contributed by atoms with van der Waals surface area (Å²) in [5.74, 6) is -1.54. The van der Waals surface area contributed by atoms with E-state index in [-0.39, 0.29) is 36.0 Å². The minimum Gasteiger partial charge on any atom is -0.481 e. The summed E-state index contributed by atoms with van der Waals surface area (Å²) in [6, 6.07) is 15.9. The van der Waals surface area contributed by atoms with E-state index in [4.69, 9.17) is 19.6 Å². The van der Waals surface area contributed by atoms with Crippen LogP contribution in [0.1, 0.15) is 65.5 Å². The molecule has 7 rings (SSSR count). The van der Waals surface area contributed by atoms with Crippen LogP contribution in [0.15, 0.2) is 48.5 Å². The fraction of sp³-hybridized carbons (Fsp3) is 0.459. The zero-order valence-electron chi connectivity index (χ0n) is 28.6. The number of rotatable bonds is 11. The third-order valence-corrected chi connectivity index (χ3v) is 11.7. The van der Waals surface area contributed by atoms with Crippen LogP contribution in [0.2, 0.25) is 25.7 Å². The molecule has 10 nitrogen and oxygen atoms in total. The number of benzene rings is 2. The summed E-state index contributed by atoms with van der Waals surface area (Å²) in [4.78, 5) is 34.2. The lowest BCUT2D eigenvalue weighted by Crippen LogP contribution is -2.39. The quantitative estimate of drug-likeness (QED) is 0.105. The molecule has 2 atom stereocenters. The van der Waals surface area contributed by atoms with Crippen molar-refractivity contribution in [2.75, 3.05) is 37.9 Å². The lowest BCUT2D eigenvalue weighted by atomic mass is 9.93. The topological polar surface area (TPSA) is 110 Å². The zero-order valence-corrected chi connectivity index (χ0v) is 29.6. The molecule has 49 heavy (non-hydrogen) atoms. The number of nitrogens with zero attached hydrogens (tertiary/aromatic N) is 5. The van der Waals surface area contributed by atoms with Gasteiger partial charge in [0.15, 0.2) is 12.4 Å². The molecule has 1 aliphatic carbocycles. The van der Waals surface area contributed by atoms with Gasteiger partial charge in [-0.2, -0.15) is 5.10 Å². The monoisotopic (exact) mass is 685 g/mol. The average Bonchev–Trinajstić information content (AvgIpc) is 3.61. The van der Waals surface area contributed by atoms with Crippen molar-refractivity contribution in [1.82, 2.24) is 19.5 Å². The highest BCUT2D eigenvalue weighted by molar-refractivity contribution is 6.76. The summed E-state index contributed by atoms with van der Waals surface area (Å²) in [6.45, 7) is 10.8. The predicted octanol–water partition coefficient (Wildman–Crippen LogP) is 6.77. The smallest absolute Gasteiger partial charge is 0.308 e. The first-order valence-corrected chi connectivity index (χ1v) is 21.0. The number of aliphatic carboxylic acids is 1. The third kappa shape index (κ3) is 6.93. The summed E-state index contributed by atoms with van der Waals surface area (Å²) >= 11 is 0. The molecule has 2 fully saturated rings. The van der Waals surface area contributed by atoms with E-state index in [1.807, 2.05) is 28.0 Å². The van der Waals surface area contributed by atoms with Gasteiger partial charge in [-0.1, -0.05) is 43.9 Å². The maximum atomic E-state index is 16.3. The molecule has 0 unspecified atom stereocenters. The van der Waals surface area contributed by atoms with Crippen LogP contribution in [0.3, 0.4) is 0 Å². The van der Waals surface area contributed by atoms with Gasteiger partial charge in [-0.25, -0.2) is 13.9 Å². The van der Waals surface area contributed by atoms with E-state index in [9.17, 15) is 14.7 Å². The highest BCUT2D eigenvalue weighted by Gasteiger charge is 2.34. The van der Waals surface area contributed by atoms with Gasteiger partial charge in [0.2, 0.25) is 0 Å². The Balaban J connectivity index is 1.23. The van der Waals surface area contributed by atoms with Crippen molar-refractivity contribution < 1.29 is 28.6 Å². The predicted molar refractivity (Wildman–Crippen MR) is 188 cm³/mol. The Morgan fingerprint density at radius 1 is 1.06 bits per heavy atom. The maximum Gasteiger partial charge on any atom is 0.308 e. The van der Waals surface area contributed by atoms with Crippen molar-refractivity contribution in [3.8, 4) is 17.0 Å². The number of hydrogen-bond donors (Lipinski definition) is 1. The van der Waals surface area contributed by atoms with Gasteiger partial charge in [-0.05, 0) is 61.9 Å². The van der Waals surface area contributed by atoms with Crippen LogP contribution in [-0.4, -0.2) is 77.6 Å². The molecular weight excluding hydrogens is 642 g/mol. The standard InChI is InChI=1S/C37H44FN5O5Si/c1-23-28-8-6-5-7-24(28)12-14-42(23)36(44)31-19-32(25-9-10-25)43-34(39-31)20-30(40-43)35-29(38)17-27(41-13-11-26(21-41)37(45)46)18-33(35)48-22-47-15-16-49(2,3)4/h5-8,17-20,23,25-26H,9-16,21-22H2,1-4H3,(H,45,46)/t23-,26+/m1/s1. The number of carboxylic acids is 1. The molecule has 2 aromatic carbocycles. The van der Waals surface area contributed by atoms with E-state index >= 15 is 4.39 Å². The van der Waals surface area contributed by atoms with Crippen LogP contribution in [0.25, 0.3) is 16.9 Å². The molecule has 1 amide bonds. The normalized spacial score (nSPS) is 19.4. The van der Waals surface area contributed by atoms with E-state index in [0.717, 1.165) is 36.6 Å². The fourth-order valence-electron chi connectivity index (χ4n) is 6.95. The molecule has 0 bridgehead atoms. The van der Waals surface area contributed by atoms with Crippen LogP contribution in [0.4, 0.5) is 10.1 Å². The minimum atomic E-state index is -1.32. The Hall–Kier alpha value is -4.29. The first-order chi connectivity index (χ1) is 23.5. The number of carbonyl (C=O) groups is 2. The van der Waals surface area contributed by atoms with Gasteiger partial charge >= 0.3 is 5.97 Å². The highest BCUT2D eigenvalue weighted by atomic mass is 28.3. The number of ether oxygens (including phenoxy) is 2. The molecular formula is C37H44FN5O5Si. The second-order valence-electron chi connectivity index (χ2n) is 14.8. The number of halogens is 1. The first-order valence-electron chi connectivity index (χ1n) is 17.3. The number of fused-ring (bicyclic) bond motifs is 2. The Kier molecular flexibility index (Phi) is 8.95. The Morgan fingerprint density at radius 3 is 2.59 bits per heavy atom. The van der Waals surface area contributed by atoms with Crippen molar-refractivity contribution in [3.05, 3.63) is 76.9 Å². The molecule has 1 N–H and O–H groups in total. The first kappa shape index (κ1) is 33.2. The van der Waals surface area contributed by atoms with E-state index in [1.54, 1.807) is 16.6 Å². The van der Waals surface area contributed by atoms with Gasteiger partial charge in [-0.15, -0.1) is 0 Å². The molecule has 258 valence electrons. The lowest BCUT2D eigenvalue weighted by Gasteiger charge is -2.35. The number of amides is 1. The summed E-state index contributed by atoms with van der Waals surface area (Å²) < 4.78 is 29.9. The largest absolute Gasteiger partial charge is 0.481 e. The van der Waals surface area contributed by atoms with Gasteiger partial charge in [0.1, 0.15) is 23.0 Å². The average molecular weight is 686 g/mol. The molecule has 4 heterocycles. The summed E-state index contributed by atoms with van der Waals surface area (Å²) in [7, 11) is -1.32. The number of hydrogen-bond acceptors (Lipinski definition) is 7. The summed E-state index contributed by atoms with van der Waals surface area (Å²) in [5, 5.41) is 14.4. The van der Waals surface area contributed by atoms with Gasteiger partial charge < -0.3 is 24.4 Å². The third-order valence-electron chi connectivity index (χ3n) is 10.0. The van der Waals surface area contributed by atoms with Gasteiger partial charge in [-0.3, -0.25) is 9.59 Å².